The van der Waals surface area contributed by atoms with E-state index in [2.05, 4.69) is 12.6 Å². The van der Waals surface area contributed by atoms with Crippen molar-refractivity contribution in [1.82, 2.24) is 0 Å². The maximum Gasteiger partial charge on any atom is 0.320 e. The van der Waals surface area contributed by atoms with Gasteiger partial charge in [-0.3, -0.25) is 4.79 Å². The van der Waals surface area contributed by atoms with Gasteiger partial charge in [-0.1, -0.05) is 0 Å². The molecule has 0 aliphatic heterocycles. The Hall–Kier alpha value is -0.220. The minimum atomic E-state index is -2.57. The molecule has 0 amide bonds. The molecular weight excluding hydrogens is 126 g/mol. The Morgan fingerprint density at radius 1 is 2.38 bits per heavy atom. The fraction of sp³-hybridized carbons (Fsp3) is 0.750. The third-order valence-electron chi connectivity index (χ3n) is 0.504. The first-order valence-corrected chi connectivity index (χ1v) is 2.55. The van der Waals surface area contributed by atoms with Crippen molar-refractivity contribution < 1.29 is 15.5 Å². The zero-order valence-electron chi connectivity index (χ0n) is 8.03. The Bertz CT molecular complexity index is 180. The normalized spacial score (nSPS) is 28.8. The van der Waals surface area contributed by atoms with E-state index in [0.29, 0.717) is 0 Å². The SMILES string of the molecule is [2H]C(CS)C([2H])(C(=O)O)N([2H])[2H]. The lowest BCUT2D eigenvalue weighted by molar-refractivity contribution is -0.138. The van der Waals surface area contributed by atoms with Crippen LogP contribution < -0.4 is 5.72 Å². The van der Waals surface area contributed by atoms with E-state index in [-0.39, 0.29) is 11.5 Å². The lowest BCUT2D eigenvalue weighted by atomic mass is 10.2. The van der Waals surface area contributed by atoms with E-state index in [1.165, 1.54) is 0 Å². The molecule has 0 rings (SSSR count). The van der Waals surface area contributed by atoms with Gasteiger partial charge in [-0.15, -0.1) is 0 Å². The Balaban J connectivity index is 4.74. The third kappa shape index (κ3) is 2.87. The second-order valence-electron chi connectivity index (χ2n) is 1.08. The standard InChI is InChI=1S/C4H9NO2S/c5-3(1-2-8)4(6)7/h3,8H,1-2,5H2,(H,6,7)/i1D,3D/hD2. The maximum absolute atomic E-state index is 10.4. The lowest BCUT2D eigenvalue weighted by Gasteiger charge is -2.00. The number of nitrogens with two attached hydrogens (primary N) is 1. The van der Waals surface area contributed by atoms with Crippen LogP contribution in [-0.2, 0) is 4.79 Å². The van der Waals surface area contributed by atoms with Crippen molar-refractivity contribution in [2.24, 2.45) is 5.72 Å². The summed E-state index contributed by atoms with van der Waals surface area (Å²) < 4.78 is 27.6. The van der Waals surface area contributed by atoms with Crippen molar-refractivity contribution in [3.05, 3.63) is 0 Å². The van der Waals surface area contributed by atoms with Gasteiger partial charge in [0.1, 0.15) is 8.84 Å². The summed E-state index contributed by atoms with van der Waals surface area (Å²) in [7, 11) is 0. The molecule has 0 saturated heterocycles. The Labute approximate surface area is 59.0 Å². The molecule has 0 saturated carbocycles. The van der Waals surface area contributed by atoms with Gasteiger partial charge in [0, 0.05) is 1.37 Å². The highest BCUT2D eigenvalue weighted by atomic mass is 32.1. The summed E-state index contributed by atoms with van der Waals surface area (Å²) in [6.07, 6.45) is -1.44. The fourth-order valence-electron chi connectivity index (χ4n) is 0.174. The number of carboxylic acid groups (broad SMARTS) is 1. The molecule has 8 heavy (non-hydrogen) atoms. The van der Waals surface area contributed by atoms with Crippen LogP contribution in [0.25, 0.3) is 0 Å². The summed E-state index contributed by atoms with van der Waals surface area (Å²) in [5.74, 6) is -1.88. The van der Waals surface area contributed by atoms with Gasteiger partial charge in [0.2, 0.25) is 0 Å². The van der Waals surface area contributed by atoms with Crippen molar-refractivity contribution in [3.8, 4) is 0 Å². The Kier molecular flexibility index (Phi) is 1.44. The molecule has 0 aromatic rings. The molecule has 0 aliphatic carbocycles. The number of aliphatic carboxylic acids is 1. The zero-order valence-corrected chi connectivity index (χ0v) is 4.93. The fourth-order valence-corrected chi connectivity index (χ4v) is 0.347. The summed E-state index contributed by atoms with van der Waals surface area (Å²) in [5, 5.41) is 8.48. The minimum Gasteiger partial charge on any atom is -0.480 e. The average Bonchev–Trinajstić information content (AvgIpc) is 2.00. The Morgan fingerprint density at radius 3 is 3.12 bits per heavy atom. The van der Waals surface area contributed by atoms with Gasteiger partial charge in [-0.25, -0.2) is 0 Å². The molecule has 3 nitrogen and oxygen atoms in total. The molecule has 4 heteroatoms. The molecule has 0 bridgehead atoms. The van der Waals surface area contributed by atoms with Crippen LogP contribution in [-0.4, -0.2) is 22.8 Å². The highest BCUT2D eigenvalue weighted by Crippen LogP contribution is 1.88. The van der Waals surface area contributed by atoms with Crippen molar-refractivity contribution in [3.63, 3.8) is 0 Å². The second kappa shape index (κ2) is 3.74. The summed E-state index contributed by atoms with van der Waals surface area (Å²) in [6.45, 7) is 0. The molecule has 3 N–H and O–H groups in total. The van der Waals surface area contributed by atoms with Gasteiger partial charge in [0.25, 0.3) is 0 Å². The van der Waals surface area contributed by atoms with Gasteiger partial charge >= 0.3 is 5.97 Å². The molecular formula is C4H9NO2S. The van der Waals surface area contributed by atoms with E-state index in [0.717, 1.165) is 0 Å². The summed E-state index contributed by atoms with van der Waals surface area (Å²) in [4.78, 5) is 10.4. The van der Waals surface area contributed by atoms with E-state index in [4.69, 9.17) is 10.7 Å². The van der Waals surface area contributed by atoms with E-state index in [9.17, 15) is 4.79 Å². The first-order valence-electron chi connectivity index (χ1n) is 3.89. The van der Waals surface area contributed by atoms with E-state index >= 15 is 0 Å². The highest BCUT2D eigenvalue weighted by Gasteiger charge is 2.08. The van der Waals surface area contributed by atoms with E-state index in [1.807, 2.05) is 0 Å². The van der Waals surface area contributed by atoms with Crippen LogP contribution in [0.3, 0.4) is 0 Å². The number of thiol groups is 1. The molecule has 0 heterocycles. The molecule has 0 spiro atoms. The van der Waals surface area contributed by atoms with Crippen LogP contribution in [0.1, 0.15) is 9.14 Å². The van der Waals surface area contributed by atoms with Gasteiger partial charge < -0.3 is 10.8 Å². The number of rotatable bonds is 4. The highest BCUT2D eigenvalue weighted by molar-refractivity contribution is 7.80. The van der Waals surface area contributed by atoms with Gasteiger partial charge in [0.15, 0.2) is 0 Å². The van der Waals surface area contributed by atoms with Crippen LogP contribution in [0.5, 0.6) is 0 Å². The predicted octanol–water partition coefficient (Wildman–Crippen LogP) is -0.282. The van der Waals surface area contributed by atoms with E-state index < -0.39 is 18.4 Å². The molecule has 48 valence electrons. The summed E-state index contributed by atoms with van der Waals surface area (Å²) >= 11 is 3.63. The smallest absolute Gasteiger partial charge is 0.320 e. The van der Waals surface area contributed by atoms with Crippen molar-refractivity contribution in [2.75, 3.05) is 5.75 Å². The van der Waals surface area contributed by atoms with E-state index in [1.54, 1.807) is 0 Å². The van der Waals surface area contributed by atoms with Crippen molar-refractivity contribution in [2.45, 2.75) is 12.4 Å². The first kappa shape index (κ1) is 3.08. The average molecular weight is 139 g/mol. The van der Waals surface area contributed by atoms with Crippen LogP contribution in [0.15, 0.2) is 0 Å². The topological polar surface area (TPSA) is 63.3 Å². The van der Waals surface area contributed by atoms with Crippen LogP contribution in [0, 0.1) is 0 Å². The van der Waals surface area contributed by atoms with Crippen LogP contribution >= 0.6 is 12.6 Å². The van der Waals surface area contributed by atoms with Crippen LogP contribution in [0.2, 0.25) is 2.82 Å². The molecule has 0 radical (unpaired) electrons. The largest absolute Gasteiger partial charge is 0.480 e. The Morgan fingerprint density at radius 2 is 3.00 bits per heavy atom. The zero-order chi connectivity index (χ0) is 9.94. The second-order valence-corrected chi connectivity index (χ2v) is 1.44. The number of hydrogen-bond acceptors (Lipinski definition) is 3. The molecule has 0 aliphatic rings. The molecule has 2 atom stereocenters. The monoisotopic (exact) mass is 139 g/mol. The summed E-state index contributed by atoms with van der Waals surface area (Å²) in [5.41, 5.74) is -0.302. The van der Waals surface area contributed by atoms with Gasteiger partial charge in [-0.2, -0.15) is 12.6 Å². The minimum absolute atomic E-state index is 0.190. The quantitative estimate of drug-likeness (QED) is 0.469. The molecule has 0 aromatic carbocycles. The first-order chi connectivity index (χ1) is 5.37. The van der Waals surface area contributed by atoms with Gasteiger partial charge in [0.05, 0.1) is 1.37 Å². The predicted molar refractivity (Wildman–Crippen MR) is 34.1 cm³/mol. The summed E-state index contributed by atoms with van der Waals surface area (Å²) in [6, 6.07) is -2.57. The number of carboxylic acids is 1. The van der Waals surface area contributed by atoms with Crippen molar-refractivity contribution >= 4 is 18.6 Å². The molecule has 0 aromatic heterocycles. The molecule has 2 unspecified atom stereocenters. The molecule has 0 fully saturated rings. The number of hydrogen-bond donors (Lipinski definition) is 3. The van der Waals surface area contributed by atoms with Gasteiger partial charge in [-0.05, 0) is 12.1 Å². The number of carbonyl (C=O) groups is 1. The third-order valence-corrected chi connectivity index (χ3v) is 0.686. The van der Waals surface area contributed by atoms with Crippen LogP contribution in [0.4, 0.5) is 0 Å². The lowest BCUT2D eigenvalue weighted by Crippen LogP contribution is -2.30. The maximum atomic E-state index is 10.4. The van der Waals surface area contributed by atoms with Crippen molar-refractivity contribution in [1.29, 1.82) is 0 Å².